The van der Waals surface area contributed by atoms with Gasteiger partial charge in [-0.05, 0) is 5.56 Å². The molecule has 2 aromatic rings. The summed E-state index contributed by atoms with van der Waals surface area (Å²) < 4.78 is 10.5. The van der Waals surface area contributed by atoms with Crippen LogP contribution in [0, 0.1) is 0 Å². The number of carbonyl (C=O) groups is 2. The minimum absolute atomic E-state index is 0.0447. The van der Waals surface area contributed by atoms with Crippen LogP contribution in [0.1, 0.15) is 26.8 Å². The van der Waals surface area contributed by atoms with Gasteiger partial charge in [0.2, 0.25) is 5.82 Å². The second-order valence-electron chi connectivity index (χ2n) is 3.89. The lowest BCUT2D eigenvalue weighted by atomic mass is 10.2. The summed E-state index contributed by atoms with van der Waals surface area (Å²) in [4.78, 5) is 26.9. The number of nitrogens with zero attached hydrogens (tertiary/aromatic N) is 3. The van der Waals surface area contributed by atoms with Gasteiger partial charge in [-0.15, -0.1) is 5.10 Å². The first-order chi connectivity index (χ1) is 9.65. The van der Waals surface area contributed by atoms with Crippen molar-refractivity contribution in [2.24, 2.45) is 0 Å². The summed E-state index contributed by atoms with van der Waals surface area (Å²) in [7, 11) is 2.46. The molecule has 1 aromatic carbocycles. The van der Waals surface area contributed by atoms with E-state index < -0.39 is 11.9 Å². The predicted octanol–water partition coefficient (Wildman–Crippen LogP) is 0.900. The molecule has 1 heterocycles. The van der Waals surface area contributed by atoms with Gasteiger partial charge in [-0.3, -0.25) is 0 Å². The largest absolute Gasteiger partial charge is 0.463 e. The number of carbonyl (C=O) groups excluding carboxylic acids is 2. The highest BCUT2D eigenvalue weighted by Crippen LogP contribution is 2.07. The number of methoxy groups -OCH3 is 2. The quantitative estimate of drug-likeness (QED) is 0.771. The summed E-state index contributed by atoms with van der Waals surface area (Å²) in [5.41, 5.74) is 0.916. The SMILES string of the molecule is COC(=O)c1nc(C(=O)OC)n(Cc2ccccc2)n1. The predicted molar refractivity (Wildman–Crippen MR) is 68.2 cm³/mol. The van der Waals surface area contributed by atoms with Crippen LogP contribution >= 0.6 is 0 Å². The third-order valence-electron chi connectivity index (χ3n) is 2.58. The van der Waals surface area contributed by atoms with Gasteiger partial charge in [-0.25, -0.2) is 14.3 Å². The molecule has 7 heteroatoms. The number of aromatic nitrogens is 3. The van der Waals surface area contributed by atoms with Gasteiger partial charge in [0.05, 0.1) is 20.8 Å². The number of benzene rings is 1. The Morgan fingerprint density at radius 1 is 1.10 bits per heavy atom. The van der Waals surface area contributed by atoms with Crippen LogP contribution in [0.3, 0.4) is 0 Å². The zero-order chi connectivity index (χ0) is 14.5. The van der Waals surface area contributed by atoms with Crippen LogP contribution in [0.2, 0.25) is 0 Å². The van der Waals surface area contributed by atoms with Gasteiger partial charge in [-0.1, -0.05) is 30.3 Å². The third kappa shape index (κ3) is 2.82. The normalized spacial score (nSPS) is 10.1. The Morgan fingerprint density at radius 2 is 1.75 bits per heavy atom. The average molecular weight is 275 g/mol. The summed E-state index contributed by atoms with van der Waals surface area (Å²) in [5, 5.41) is 3.98. The topological polar surface area (TPSA) is 83.3 Å². The van der Waals surface area contributed by atoms with E-state index >= 15 is 0 Å². The lowest BCUT2D eigenvalue weighted by molar-refractivity contribution is 0.0580. The van der Waals surface area contributed by atoms with Gasteiger partial charge in [0, 0.05) is 0 Å². The van der Waals surface area contributed by atoms with Crippen molar-refractivity contribution in [2.45, 2.75) is 6.54 Å². The standard InChI is InChI=1S/C13H13N3O4/c1-19-12(17)10-14-11(13(18)20-2)16(15-10)8-9-6-4-3-5-7-9/h3-7H,8H2,1-2H3. The minimum atomic E-state index is -0.707. The highest BCUT2D eigenvalue weighted by molar-refractivity contribution is 5.89. The zero-order valence-electron chi connectivity index (χ0n) is 11.1. The van der Waals surface area contributed by atoms with E-state index in [9.17, 15) is 9.59 Å². The molecule has 0 saturated carbocycles. The number of hydrogen-bond acceptors (Lipinski definition) is 6. The molecule has 0 spiro atoms. The average Bonchev–Trinajstić information content (AvgIpc) is 2.90. The van der Waals surface area contributed by atoms with Crippen LogP contribution in [-0.2, 0) is 16.0 Å². The maximum absolute atomic E-state index is 11.7. The van der Waals surface area contributed by atoms with Crippen LogP contribution in [-0.4, -0.2) is 40.9 Å². The molecule has 0 bridgehead atoms. The Morgan fingerprint density at radius 3 is 2.35 bits per heavy atom. The fourth-order valence-electron chi connectivity index (χ4n) is 1.63. The van der Waals surface area contributed by atoms with E-state index in [-0.39, 0.29) is 11.6 Å². The lowest BCUT2D eigenvalue weighted by Gasteiger charge is -2.04. The highest BCUT2D eigenvalue weighted by atomic mass is 16.5. The summed E-state index contributed by atoms with van der Waals surface area (Å²) in [5.74, 6) is -1.59. The third-order valence-corrected chi connectivity index (χ3v) is 2.58. The van der Waals surface area contributed by atoms with Crippen LogP contribution in [0.25, 0.3) is 0 Å². The zero-order valence-corrected chi connectivity index (χ0v) is 11.1. The number of hydrogen-bond donors (Lipinski definition) is 0. The molecule has 7 nitrogen and oxygen atoms in total. The van der Waals surface area contributed by atoms with Crippen molar-refractivity contribution in [2.75, 3.05) is 14.2 Å². The maximum atomic E-state index is 11.7. The van der Waals surface area contributed by atoms with Crippen molar-refractivity contribution in [3.8, 4) is 0 Å². The first-order valence-corrected chi connectivity index (χ1v) is 5.81. The van der Waals surface area contributed by atoms with E-state index in [1.807, 2.05) is 30.3 Å². The molecule has 0 aliphatic carbocycles. The Bertz CT molecular complexity index is 622. The second-order valence-corrected chi connectivity index (χ2v) is 3.89. The van der Waals surface area contributed by atoms with E-state index in [1.165, 1.54) is 18.9 Å². The van der Waals surface area contributed by atoms with Crippen LogP contribution in [0.4, 0.5) is 0 Å². The van der Waals surface area contributed by atoms with Gasteiger partial charge in [0.1, 0.15) is 0 Å². The minimum Gasteiger partial charge on any atom is -0.463 e. The molecule has 20 heavy (non-hydrogen) atoms. The molecular weight excluding hydrogens is 262 g/mol. The first kappa shape index (κ1) is 13.7. The summed E-state index contributed by atoms with van der Waals surface area (Å²) in [6.45, 7) is 0.301. The Hall–Kier alpha value is -2.70. The van der Waals surface area contributed by atoms with E-state index in [1.54, 1.807) is 0 Å². The summed E-state index contributed by atoms with van der Waals surface area (Å²) >= 11 is 0. The van der Waals surface area contributed by atoms with E-state index in [2.05, 4.69) is 19.6 Å². The molecule has 0 atom stereocenters. The molecule has 0 unspecified atom stereocenters. The summed E-state index contributed by atoms with van der Waals surface area (Å²) in [6, 6.07) is 9.36. The van der Waals surface area contributed by atoms with Crippen molar-refractivity contribution in [3.63, 3.8) is 0 Å². The fraction of sp³-hybridized carbons (Fsp3) is 0.231. The molecule has 2 rings (SSSR count). The second kappa shape index (κ2) is 5.96. The molecule has 104 valence electrons. The highest BCUT2D eigenvalue weighted by Gasteiger charge is 2.22. The van der Waals surface area contributed by atoms with Crippen molar-refractivity contribution in [3.05, 3.63) is 47.5 Å². The molecule has 1 aromatic heterocycles. The fourth-order valence-corrected chi connectivity index (χ4v) is 1.63. The Kier molecular flexibility index (Phi) is 4.09. The van der Waals surface area contributed by atoms with E-state index in [4.69, 9.17) is 0 Å². The van der Waals surface area contributed by atoms with E-state index in [0.717, 1.165) is 5.56 Å². The summed E-state index contributed by atoms with van der Waals surface area (Å²) in [6.07, 6.45) is 0. The van der Waals surface area contributed by atoms with E-state index in [0.29, 0.717) is 6.54 Å². The lowest BCUT2D eigenvalue weighted by Crippen LogP contribution is -2.13. The van der Waals surface area contributed by atoms with Crippen LogP contribution < -0.4 is 0 Å². The molecular formula is C13H13N3O4. The van der Waals surface area contributed by atoms with Gasteiger partial charge >= 0.3 is 11.9 Å². The van der Waals surface area contributed by atoms with Crippen molar-refractivity contribution >= 4 is 11.9 Å². The van der Waals surface area contributed by atoms with Gasteiger partial charge < -0.3 is 9.47 Å². The molecule has 0 N–H and O–H groups in total. The molecule has 0 aliphatic rings. The molecule has 0 aliphatic heterocycles. The number of rotatable bonds is 4. The Balaban J connectivity index is 2.37. The van der Waals surface area contributed by atoms with Crippen molar-refractivity contribution < 1.29 is 19.1 Å². The van der Waals surface area contributed by atoms with Crippen molar-refractivity contribution in [1.29, 1.82) is 0 Å². The van der Waals surface area contributed by atoms with Crippen molar-refractivity contribution in [1.82, 2.24) is 14.8 Å². The smallest absolute Gasteiger partial charge is 0.377 e. The Labute approximate surface area is 115 Å². The molecule has 0 amide bonds. The monoisotopic (exact) mass is 275 g/mol. The molecule has 0 radical (unpaired) electrons. The molecule has 0 fully saturated rings. The number of ether oxygens (including phenoxy) is 2. The molecule has 0 saturated heterocycles. The van der Waals surface area contributed by atoms with Crippen LogP contribution in [0.15, 0.2) is 30.3 Å². The van der Waals surface area contributed by atoms with Gasteiger partial charge in [-0.2, -0.15) is 4.98 Å². The van der Waals surface area contributed by atoms with Gasteiger partial charge in [0.15, 0.2) is 0 Å². The number of esters is 2. The van der Waals surface area contributed by atoms with Crippen LogP contribution in [0.5, 0.6) is 0 Å². The maximum Gasteiger partial charge on any atom is 0.377 e. The van der Waals surface area contributed by atoms with Gasteiger partial charge in [0.25, 0.3) is 5.82 Å². The first-order valence-electron chi connectivity index (χ1n) is 5.81.